The van der Waals surface area contributed by atoms with E-state index < -0.39 is 0 Å². The summed E-state index contributed by atoms with van der Waals surface area (Å²) >= 11 is 0. The number of nitrogens with two attached hydrogens (primary N) is 1. The van der Waals surface area contributed by atoms with E-state index in [1.165, 1.54) is 19.1 Å². The normalized spacial score (nSPS) is 15.5. The molecule has 0 atom stereocenters. The molecule has 1 aliphatic carbocycles. The summed E-state index contributed by atoms with van der Waals surface area (Å²) in [6, 6.07) is 8.26. The summed E-state index contributed by atoms with van der Waals surface area (Å²) in [5.74, 6) is 5.87. The Bertz CT molecular complexity index is 300. The highest BCUT2D eigenvalue weighted by Crippen LogP contribution is 2.28. The van der Waals surface area contributed by atoms with E-state index in [9.17, 15) is 0 Å². The molecule has 0 heterocycles. The largest absolute Gasteiger partial charge is 0.308 e. The van der Waals surface area contributed by atoms with Crippen molar-refractivity contribution in [2.24, 2.45) is 5.84 Å². The second-order valence-electron chi connectivity index (χ2n) is 3.37. The van der Waals surface area contributed by atoms with E-state index >= 15 is 0 Å². The van der Waals surface area contributed by atoms with Gasteiger partial charge in [-0.3, -0.25) is 0 Å². The Balaban J connectivity index is 2.16. The molecule has 3 N–H and O–H groups in total. The van der Waals surface area contributed by atoms with Gasteiger partial charge in [-0.1, -0.05) is 12.1 Å². The lowest BCUT2D eigenvalue weighted by molar-refractivity contribution is 0.847. The summed E-state index contributed by atoms with van der Waals surface area (Å²) in [5.41, 5.74) is 1.95. The van der Waals surface area contributed by atoms with Crippen molar-refractivity contribution in [3.63, 3.8) is 0 Å². The van der Waals surface area contributed by atoms with Gasteiger partial charge in [-0.05, 0) is 30.5 Å². The van der Waals surface area contributed by atoms with Gasteiger partial charge in [0.1, 0.15) is 0 Å². The minimum Gasteiger partial charge on any atom is -0.308 e. The van der Waals surface area contributed by atoms with E-state index in [0.29, 0.717) is 6.04 Å². The standard InChI is InChI=1S/C10H13N3/c11-7-8-1-3-9(4-2-8)13(12)10-5-6-10/h1-4,7,10-11H,5-6,12H2. The molecule has 1 saturated carbocycles. The molecule has 1 aliphatic rings. The van der Waals surface area contributed by atoms with Crippen LogP contribution in [0.25, 0.3) is 0 Å². The first-order valence-electron chi connectivity index (χ1n) is 4.46. The summed E-state index contributed by atoms with van der Waals surface area (Å²) in [7, 11) is 0. The van der Waals surface area contributed by atoms with Crippen LogP contribution in [0.15, 0.2) is 24.3 Å². The van der Waals surface area contributed by atoms with Crippen LogP contribution in [0, 0.1) is 5.41 Å². The fourth-order valence-electron chi connectivity index (χ4n) is 1.31. The molecule has 3 nitrogen and oxygen atoms in total. The topological polar surface area (TPSA) is 53.1 Å². The first-order chi connectivity index (χ1) is 6.31. The van der Waals surface area contributed by atoms with E-state index in [-0.39, 0.29) is 0 Å². The van der Waals surface area contributed by atoms with Crippen LogP contribution in [0.4, 0.5) is 5.69 Å². The van der Waals surface area contributed by atoms with Gasteiger partial charge in [0, 0.05) is 12.3 Å². The van der Waals surface area contributed by atoms with Crippen molar-refractivity contribution >= 4 is 11.9 Å². The van der Waals surface area contributed by atoms with Gasteiger partial charge in [0.25, 0.3) is 0 Å². The molecule has 0 saturated heterocycles. The molecule has 13 heavy (non-hydrogen) atoms. The average Bonchev–Trinajstić information content (AvgIpc) is 3.00. The third kappa shape index (κ3) is 1.70. The molecule has 1 aromatic rings. The third-order valence-electron chi connectivity index (χ3n) is 2.30. The molecular formula is C10H13N3. The summed E-state index contributed by atoms with van der Waals surface area (Å²) in [6.45, 7) is 0. The first kappa shape index (κ1) is 8.26. The maximum Gasteiger partial charge on any atom is 0.0520 e. The molecule has 0 aliphatic heterocycles. The molecule has 3 heteroatoms. The fraction of sp³-hybridized carbons (Fsp3) is 0.300. The summed E-state index contributed by atoms with van der Waals surface area (Å²) < 4.78 is 0. The predicted octanol–water partition coefficient (Wildman–Crippen LogP) is 1.53. The first-order valence-corrected chi connectivity index (χ1v) is 4.46. The minimum atomic E-state index is 0.533. The Morgan fingerprint density at radius 1 is 1.31 bits per heavy atom. The van der Waals surface area contributed by atoms with Crippen LogP contribution in [-0.4, -0.2) is 12.3 Å². The van der Waals surface area contributed by atoms with Crippen LogP contribution in [-0.2, 0) is 0 Å². The van der Waals surface area contributed by atoms with Gasteiger partial charge < -0.3 is 10.4 Å². The van der Waals surface area contributed by atoms with Crippen LogP contribution >= 0.6 is 0 Å². The highest BCUT2D eigenvalue weighted by molar-refractivity contribution is 5.77. The van der Waals surface area contributed by atoms with E-state index in [1.54, 1.807) is 0 Å². The van der Waals surface area contributed by atoms with Gasteiger partial charge in [0.2, 0.25) is 0 Å². The maximum atomic E-state index is 7.05. The molecule has 0 radical (unpaired) electrons. The molecule has 2 rings (SSSR count). The highest BCUT2D eigenvalue weighted by atomic mass is 15.4. The monoisotopic (exact) mass is 175 g/mol. The van der Waals surface area contributed by atoms with Crippen molar-refractivity contribution < 1.29 is 0 Å². The lowest BCUT2D eigenvalue weighted by Crippen LogP contribution is -2.32. The van der Waals surface area contributed by atoms with Crippen molar-refractivity contribution in [3.8, 4) is 0 Å². The van der Waals surface area contributed by atoms with Gasteiger partial charge in [-0.25, -0.2) is 5.84 Å². The molecule has 0 unspecified atom stereocenters. The molecule has 0 bridgehead atoms. The number of rotatable bonds is 3. The molecule has 1 fully saturated rings. The zero-order chi connectivity index (χ0) is 9.26. The van der Waals surface area contributed by atoms with Gasteiger partial charge in [-0.15, -0.1) is 0 Å². The zero-order valence-electron chi connectivity index (χ0n) is 7.40. The van der Waals surface area contributed by atoms with Crippen molar-refractivity contribution in [3.05, 3.63) is 29.8 Å². The second-order valence-corrected chi connectivity index (χ2v) is 3.37. The fourth-order valence-corrected chi connectivity index (χ4v) is 1.31. The molecule has 1 aromatic carbocycles. The van der Waals surface area contributed by atoms with Crippen LogP contribution < -0.4 is 10.9 Å². The Hall–Kier alpha value is -1.35. The molecule has 0 spiro atoms. The number of anilines is 1. The Labute approximate surface area is 77.6 Å². The molecular weight excluding hydrogens is 162 g/mol. The molecule has 68 valence electrons. The van der Waals surface area contributed by atoms with E-state index in [2.05, 4.69) is 0 Å². The number of nitrogens with one attached hydrogen (secondary N) is 1. The Morgan fingerprint density at radius 2 is 1.92 bits per heavy atom. The number of benzene rings is 1. The molecule has 0 amide bonds. The summed E-state index contributed by atoms with van der Waals surface area (Å²) in [6.07, 6.45) is 3.73. The third-order valence-corrected chi connectivity index (χ3v) is 2.30. The average molecular weight is 175 g/mol. The zero-order valence-corrected chi connectivity index (χ0v) is 7.40. The van der Waals surface area contributed by atoms with Crippen molar-refractivity contribution in [2.75, 3.05) is 5.01 Å². The second kappa shape index (κ2) is 3.18. The number of hydrogen-bond donors (Lipinski definition) is 2. The van der Waals surface area contributed by atoms with Gasteiger partial charge in [0.15, 0.2) is 0 Å². The maximum absolute atomic E-state index is 7.05. The SMILES string of the molecule is N=Cc1ccc(N(N)C2CC2)cc1. The quantitative estimate of drug-likeness (QED) is 0.416. The van der Waals surface area contributed by atoms with Crippen molar-refractivity contribution in [1.29, 1.82) is 5.41 Å². The van der Waals surface area contributed by atoms with E-state index in [1.807, 2.05) is 29.3 Å². The van der Waals surface area contributed by atoms with E-state index in [0.717, 1.165) is 11.3 Å². The van der Waals surface area contributed by atoms with E-state index in [4.69, 9.17) is 11.3 Å². The summed E-state index contributed by atoms with van der Waals surface area (Å²) in [4.78, 5) is 0. The predicted molar refractivity (Wildman–Crippen MR) is 54.0 cm³/mol. The number of nitrogens with zero attached hydrogens (tertiary/aromatic N) is 1. The Morgan fingerprint density at radius 3 is 2.38 bits per heavy atom. The van der Waals surface area contributed by atoms with Crippen LogP contribution in [0.2, 0.25) is 0 Å². The van der Waals surface area contributed by atoms with Crippen LogP contribution in [0.1, 0.15) is 18.4 Å². The van der Waals surface area contributed by atoms with Gasteiger partial charge in [-0.2, -0.15) is 0 Å². The van der Waals surface area contributed by atoms with Crippen LogP contribution in [0.3, 0.4) is 0 Å². The van der Waals surface area contributed by atoms with Crippen molar-refractivity contribution in [1.82, 2.24) is 0 Å². The van der Waals surface area contributed by atoms with Gasteiger partial charge in [0.05, 0.1) is 5.69 Å². The smallest absolute Gasteiger partial charge is 0.0520 e. The lowest BCUT2D eigenvalue weighted by Gasteiger charge is -2.17. The minimum absolute atomic E-state index is 0.533. The number of hydrazine groups is 1. The highest BCUT2D eigenvalue weighted by Gasteiger charge is 2.27. The van der Waals surface area contributed by atoms with Gasteiger partial charge >= 0.3 is 0 Å². The summed E-state index contributed by atoms with van der Waals surface area (Å²) in [5, 5.41) is 8.86. The Kier molecular flexibility index (Phi) is 2.02. The molecule has 0 aromatic heterocycles. The van der Waals surface area contributed by atoms with Crippen molar-refractivity contribution in [2.45, 2.75) is 18.9 Å². The lowest BCUT2D eigenvalue weighted by atomic mass is 10.2. The van der Waals surface area contributed by atoms with Crippen LogP contribution in [0.5, 0.6) is 0 Å². The number of hydrogen-bond acceptors (Lipinski definition) is 3.